The van der Waals surface area contributed by atoms with Gasteiger partial charge in [0.25, 0.3) is 0 Å². The van der Waals surface area contributed by atoms with Gasteiger partial charge in [-0.05, 0) is 67.1 Å². The summed E-state index contributed by atoms with van der Waals surface area (Å²) in [7, 11) is 0. The van der Waals surface area contributed by atoms with Crippen LogP contribution in [0.2, 0.25) is 0 Å². The summed E-state index contributed by atoms with van der Waals surface area (Å²) in [5, 5.41) is 0. The minimum absolute atomic E-state index is 0.337. The summed E-state index contributed by atoms with van der Waals surface area (Å²) in [6, 6.07) is 11.3. The van der Waals surface area contributed by atoms with Crippen molar-refractivity contribution in [2.45, 2.75) is 77.6 Å². The first kappa shape index (κ1) is 22.2. The molecular weight excluding hydrogens is 386 g/mol. The Balaban J connectivity index is 1.36. The molecule has 0 N–H and O–H groups in total. The molecule has 0 amide bonds. The monoisotopic (exact) mass is 422 g/mol. The van der Waals surface area contributed by atoms with E-state index in [1.165, 1.54) is 63.4 Å². The van der Waals surface area contributed by atoms with E-state index in [9.17, 15) is 8.78 Å². The van der Waals surface area contributed by atoms with Crippen molar-refractivity contribution in [3.8, 4) is 11.1 Å². The Kier molecular flexibility index (Phi) is 7.25. The van der Waals surface area contributed by atoms with Crippen LogP contribution in [0.3, 0.4) is 0 Å². The average molecular weight is 423 g/mol. The molecule has 0 aromatic heterocycles. The van der Waals surface area contributed by atoms with Gasteiger partial charge in [-0.1, -0.05) is 87.6 Å². The fraction of sp³-hybridized carbons (Fsp3) is 0.517. The maximum absolute atomic E-state index is 14.3. The van der Waals surface area contributed by atoms with Gasteiger partial charge in [0, 0.05) is 11.5 Å². The van der Waals surface area contributed by atoms with E-state index < -0.39 is 11.6 Å². The largest absolute Gasteiger partial charge is 0.203 e. The van der Waals surface area contributed by atoms with E-state index in [4.69, 9.17) is 0 Å². The predicted octanol–water partition coefficient (Wildman–Crippen LogP) is 8.99. The van der Waals surface area contributed by atoms with E-state index in [0.29, 0.717) is 17.0 Å². The first-order chi connectivity index (χ1) is 15.1. The molecule has 4 rings (SSSR count). The van der Waals surface area contributed by atoms with Crippen molar-refractivity contribution in [2.75, 3.05) is 0 Å². The van der Waals surface area contributed by atoms with Gasteiger partial charge in [-0.3, -0.25) is 0 Å². The van der Waals surface area contributed by atoms with Crippen molar-refractivity contribution >= 4 is 0 Å². The van der Waals surface area contributed by atoms with Crippen LogP contribution in [0.15, 0.2) is 48.6 Å². The van der Waals surface area contributed by atoms with Crippen LogP contribution in [0.4, 0.5) is 8.78 Å². The lowest BCUT2D eigenvalue weighted by molar-refractivity contribution is 0.207. The number of hydrogen-bond acceptors (Lipinski definition) is 0. The summed E-state index contributed by atoms with van der Waals surface area (Å²) >= 11 is 0. The quantitative estimate of drug-likeness (QED) is 0.407. The molecule has 31 heavy (non-hydrogen) atoms. The summed E-state index contributed by atoms with van der Waals surface area (Å²) < 4.78 is 28.3. The molecular formula is C29H36F2. The minimum atomic E-state index is -0.752. The van der Waals surface area contributed by atoms with Crippen molar-refractivity contribution in [1.82, 2.24) is 0 Å². The van der Waals surface area contributed by atoms with Gasteiger partial charge >= 0.3 is 0 Å². The molecule has 166 valence electrons. The number of hydrogen-bond donors (Lipinski definition) is 0. The Hall–Kier alpha value is -1.96. The van der Waals surface area contributed by atoms with Crippen molar-refractivity contribution in [2.24, 2.45) is 17.8 Å². The zero-order valence-electron chi connectivity index (χ0n) is 19.0. The van der Waals surface area contributed by atoms with Gasteiger partial charge in [0.1, 0.15) is 0 Å². The van der Waals surface area contributed by atoms with Crippen LogP contribution < -0.4 is 0 Å². The molecule has 1 fully saturated rings. The molecule has 2 aliphatic carbocycles. The van der Waals surface area contributed by atoms with Gasteiger partial charge in [0.15, 0.2) is 11.6 Å². The summed E-state index contributed by atoms with van der Waals surface area (Å²) in [5.74, 6) is 1.52. The van der Waals surface area contributed by atoms with Crippen molar-refractivity contribution in [3.05, 3.63) is 71.3 Å². The zero-order valence-corrected chi connectivity index (χ0v) is 19.0. The number of unbranched alkanes of at least 4 members (excludes halogenated alkanes) is 1. The second-order valence-electron chi connectivity index (χ2n) is 9.84. The third kappa shape index (κ3) is 5.10. The summed E-state index contributed by atoms with van der Waals surface area (Å²) in [4.78, 5) is 0. The second kappa shape index (κ2) is 10.1. The van der Waals surface area contributed by atoms with Crippen LogP contribution in [0.25, 0.3) is 11.1 Å². The molecule has 2 heteroatoms. The molecule has 0 bridgehead atoms. The van der Waals surface area contributed by atoms with Gasteiger partial charge in [-0.25, -0.2) is 8.78 Å². The van der Waals surface area contributed by atoms with E-state index in [0.717, 1.165) is 23.3 Å². The molecule has 0 saturated heterocycles. The number of benzene rings is 2. The van der Waals surface area contributed by atoms with Gasteiger partial charge in [-0.15, -0.1) is 0 Å². The zero-order chi connectivity index (χ0) is 21.8. The minimum Gasteiger partial charge on any atom is -0.203 e. The smallest absolute Gasteiger partial charge is 0.166 e. The molecule has 0 radical (unpaired) electrons. The fourth-order valence-corrected chi connectivity index (χ4v) is 5.69. The molecule has 1 saturated carbocycles. The molecule has 0 heterocycles. The predicted molar refractivity (Wildman–Crippen MR) is 126 cm³/mol. The van der Waals surface area contributed by atoms with E-state index in [1.54, 1.807) is 19.1 Å². The Morgan fingerprint density at radius 3 is 2.19 bits per heavy atom. The Bertz CT molecular complexity index is 888. The first-order valence-corrected chi connectivity index (χ1v) is 12.3. The number of allylic oxidation sites excluding steroid dienone is 2. The topological polar surface area (TPSA) is 0 Å². The highest BCUT2D eigenvalue weighted by Gasteiger charge is 2.28. The van der Waals surface area contributed by atoms with Gasteiger partial charge in [0.05, 0.1) is 0 Å². The Labute approximate surface area is 186 Å². The number of aryl methyl sites for hydroxylation is 1. The molecule has 2 aromatic rings. The lowest BCUT2D eigenvalue weighted by Gasteiger charge is -2.35. The molecule has 2 unspecified atom stereocenters. The number of rotatable bonds is 6. The average Bonchev–Trinajstić information content (AvgIpc) is 2.82. The number of halogens is 2. The Morgan fingerprint density at radius 2 is 1.55 bits per heavy atom. The maximum atomic E-state index is 14.3. The molecule has 0 aliphatic heterocycles. The fourth-order valence-electron chi connectivity index (χ4n) is 5.69. The Morgan fingerprint density at radius 1 is 0.806 bits per heavy atom. The van der Waals surface area contributed by atoms with Crippen LogP contribution >= 0.6 is 0 Å². The van der Waals surface area contributed by atoms with Crippen LogP contribution in [-0.4, -0.2) is 0 Å². The normalized spacial score (nSPS) is 26.2. The van der Waals surface area contributed by atoms with Crippen LogP contribution in [0, 0.1) is 36.3 Å². The van der Waals surface area contributed by atoms with Gasteiger partial charge < -0.3 is 0 Å². The highest BCUT2D eigenvalue weighted by Crippen LogP contribution is 2.41. The highest BCUT2D eigenvalue weighted by atomic mass is 19.2. The van der Waals surface area contributed by atoms with Gasteiger partial charge in [0.2, 0.25) is 0 Å². The molecule has 2 aromatic carbocycles. The van der Waals surface area contributed by atoms with Crippen molar-refractivity contribution < 1.29 is 8.78 Å². The van der Waals surface area contributed by atoms with E-state index in [2.05, 4.69) is 31.2 Å². The summed E-state index contributed by atoms with van der Waals surface area (Å²) in [6.07, 6.45) is 17.1. The third-order valence-corrected chi connectivity index (χ3v) is 7.79. The molecule has 0 spiro atoms. The van der Waals surface area contributed by atoms with Crippen LogP contribution in [0.5, 0.6) is 0 Å². The van der Waals surface area contributed by atoms with E-state index in [1.807, 2.05) is 12.1 Å². The SMILES string of the molecule is CCCCC1CCC(C2C=CC(c3ccc(-c4ccc(C)c(F)c4F)cc3)CC2)CC1. The summed E-state index contributed by atoms with van der Waals surface area (Å²) in [6.45, 7) is 3.88. The molecule has 0 nitrogen and oxygen atoms in total. The van der Waals surface area contributed by atoms with Crippen LogP contribution in [-0.2, 0) is 0 Å². The standard InChI is InChI=1S/C29H36F2/c1-3-4-5-21-7-9-22(10-8-21)23-11-13-24(14-12-23)25-15-17-26(18-16-25)27-19-6-20(2)28(30)29(27)31/h6,11,13,15-19,21-24H,3-5,7-10,12,14H2,1-2H3. The summed E-state index contributed by atoms with van der Waals surface area (Å²) in [5.41, 5.74) is 2.69. The third-order valence-electron chi connectivity index (χ3n) is 7.79. The van der Waals surface area contributed by atoms with Crippen molar-refractivity contribution in [3.63, 3.8) is 0 Å². The van der Waals surface area contributed by atoms with E-state index >= 15 is 0 Å². The van der Waals surface area contributed by atoms with Crippen molar-refractivity contribution in [1.29, 1.82) is 0 Å². The molecule has 2 aliphatic rings. The first-order valence-electron chi connectivity index (χ1n) is 12.3. The second-order valence-corrected chi connectivity index (χ2v) is 9.84. The van der Waals surface area contributed by atoms with Gasteiger partial charge in [-0.2, -0.15) is 0 Å². The lowest BCUT2D eigenvalue weighted by Crippen LogP contribution is -2.23. The van der Waals surface area contributed by atoms with E-state index in [-0.39, 0.29) is 0 Å². The molecule has 2 atom stereocenters. The highest BCUT2D eigenvalue weighted by molar-refractivity contribution is 5.65. The lowest BCUT2D eigenvalue weighted by atomic mass is 9.70. The maximum Gasteiger partial charge on any atom is 0.166 e. The van der Waals surface area contributed by atoms with Crippen LogP contribution in [0.1, 0.15) is 81.8 Å².